The first-order chi connectivity index (χ1) is 24.7. The number of ketones is 1. The molecule has 11 heteroatoms. The van der Waals surface area contributed by atoms with E-state index in [1.807, 2.05) is 20.8 Å². The van der Waals surface area contributed by atoms with E-state index in [2.05, 4.69) is 74.2 Å². The van der Waals surface area contributed by atoms with Gasteiger partial charge in [0.1, 0.15) is 12.4 Å². The van der Waals surface area contributed by atoms with Crippen molar-refractivity contribution in [2.24, 2.45) is 46.3 Å². The second-order valence-electron chi connectivity index (χ2n) is 18.0. The van der Waals surface area contributed by atoms with Crippen molar-refractivity contribution in [1.82, 2.24) is 9.55 Å². The van der Waals surface area contributed by atoms with E-state index in [9.17, 15) is 14.4 Å². The lowest BCUT2D eigenvalue weighted by Gasteiger charge is -2.49. The van der Waals surface area contributed by atoms with Crippen LogP contribution < -0.4 is 0 Å². The molecule has 4 heterocycles. The lowest BCUT2D eigenvalue weighted by molar-refractivity contribution is -0.293. The molecule has 3 aliphatic rings. The van der Waals surface area contributed by atoms with Crippen LogP contribution in [0.4, 0.5) is 4.79 Å². The standard InChI is InChI=1S/C42H68N2O9/c1-15-32-33(51-40(47)44-17-16-43-22-44)19-24(3)35(45)25(4)20-42(13,14)37(53-39-27(6)23(2)18-26(5)48-39)28(7)36(29(8)38(46)50-32)52-34-21-41(11,12)30(9)31(10)49-34/h16-17,19,22-23,25-34,36-37,39H,15,18,20-21H2,1-14H3/t23-,25+,26+,27+,28-,29+,30-,31-,32+,33-,34?,36-,37+,39-/m0/s1. The molecule has 0 radical (unpaired) electrons. The Bertz CT molecular complexity index is 1420. The average molecular weight is 745 g/mol. The van der Waals surface area contributed by atoms with E-state index in [4.69, 9.17) is 28.4 Å². The summed E-state index contributed by atoms with van der Waals surface area (Å²) in [7, 11) is 0. The molecule has 0 aromatic carbocycles. The minimum absolute atomic E-state index is 0.0283. The Hall–Kier alpha value is -2.60. The molecule has 0 spiro atoms. The van der Waals surface area contributed by atoms with Crippen molar-refractivity contribution in [2.45, 2.75) is 172 Å². The van der Waals surface area contributed by atoms with Gasteiger partial charge in [-0.3, -0.25) is 9.59 Å². The van der Waals surface area contributed by atoms with Crippen LogP contribution in [0.15, 0.2) is 30.4 Å². The van der Waals surface area contributed by atoms with Crippen molar-refractivity contribution in [3.8, 4) is 0 Å². The summed E-state index contributed by atoms with van der Waals surface area (Å²) in [6, 6.07) is 0. The summed E-state index contributed by atoms with van der Waals surface area (Å²) in [5.74, 6) is -1.30. The van der Waals surface area contributed by atoms with Gasteiger partial charge in [0, 0.05) is 36.6 Å². The molecule has 1 aromatic heterocycles. The lowest BCUT2D eigenvalue weighted by atomic mass is 9.70. The Morgan fingerprint density at radius 3 is 2.23 bits per heavy atom. The zero-order valence-corrected chi connectivity index (χ0v) is 34.8. The third kappa shape index (κ3) is 10.2. The van der Waals surface area contributed by atoms with Crippen LogP contribution in [-0.4, -0.2) is 76.6 Å². The number of aromatic nitrogens is 2. The quantitative estimate of drug-likeness (QED) is 0.262. The summed E-state index contributed by atoms with van der Waals surface area (Å²) in [5, 5.41) is 0. The van der Waals surface area contributed by atoms with Gasteiger partial charge in [-0.05, 0) is 81.3 Å². The predicted molar refractivity (Wildman–Crippen MR) is 202 cm³/mol. The van der Waals surface area contributed by atoms with Gasteiger partial charge in [-0.15, -0.1) is 0 Å². The van der Waals surface area contributed by atoms with E-state index in [1.165, 1.54) is 23.3 Å². The number of esters is 1. The van der Waals surface area contributed by atoms with Gasteiger partial charge in [-0.1, -0.05) is 69.2 Å². The van der Waals surface area contributed by atoms with Gasteiger partial charge >= 0.3 is 12.1 Å². The highest BCUT2D eigenvalue weighted by atomic mass is 16.7. The Balaban J connectivity index is 1.81. The number of cyclic esters (lactones) is 1. The molecular weight excluding hydrogens is 676 g/mol. The molecule has 2 fully saturated rings. The largest absolute Gasteiger partial charge is 0.458 e. The molecule has 0 saturated carbocycles. The number of imidazole rings is 1. The van der Waals surface area contributed by atoms with Crippen LogP contribution in [0.25, 0.3) is 0 Å². The number of Topliss-reactive ketones (excluding diaryl/α,β-unsaturated/α-hetero) is 1. The molecule has 0 N–H and O–H groups in total. The molecule has 1 aromatic rings. The maximum Gasteiger partial charge on any atom is 0.419 e. The zero-order valence-electron chi connectivity index (χ0n) is 34.8. The van der Waals surface area contributed by atoms with Crippen LogP contribution in [0.5, 0.6) is 0 Å². The summed E-state index contributed by atoms with van der Waals surface area (Å²) >= 11 is 0. The maximum atomic E-state index is 14.4. The lowest BCUT2D eigenvalue weighted by Crippen LogP contribution is -2.53. The van der Waals surface area contributed by atoms with Crippen molar-refractivity contribution in [1.29, 1.82) is 0 Å². The van der Waals surface area contributed by atoms with Gasteiger partial charge in [-0.25, -0.2) is 14.3 Å². The van der Waals surface area contributed by atoms with Gasteiger partial charge in [-0.2, -0.15) is 0 Å². The normalized spacial score (nSPS) is 40.1. The molecule has 4 rings (SSSR count). The van der Waals surface area contributed by atoms with Gasteiger partial charge in [0.2, 0.25) is 0 Å². The molecule has 1 unspecified atom stereocenters. The summed E-state index contributed by atoms with van der Waals surface area (Å²) in [4.78, 5) is 45.6. The van der Waals surface area contributed by atoms with E-state index < -0.39 is 66.3 Å². The minimum atomic E-state index is -1.02. The van der Waals surface area contributed by atoms with E-state index in [-0.39, 0.29) is 35.2 Å². The third-order valence-electron chi connectivity index (χ3n) is 12.7. The van der Waals surface area contributed by atoms with Crippen LogP contribution in [0, 0.1) is 46.3 Å². The molecule has 300 valence electrons. The highest BCUT2D eigenvalue weighted by Crippen LogP contribution is 2.45. The first-order valence-corrected chi connectivity index (χ1v) is 19.9. The fourth-order valence-electron chi connectivity index (χ4n) is 8.77. The van der Waals surface area contributed by atoms with Crippen molar-refractivity contribution >= 4 is 17.8 Å². The highest BCUT2D eigenvalue weighted by Gasteiger charge is 2.49. The van der Waals surface area contributed by atoms with Gasteiger partial charge in [0.15, 0.2) is 24.5 Å². The van der Waals surface area contributed by atoms with Crippen molar-refractivity contribution in [3.63, 3.8) is 0 Å². The van der Waals surface area contributed by atoms with Gasteiger partial charge < -0.3 is 28.4 Å². The number of carbonyl (C=O) groups excluding carboxylic acids is 3. The number of ether oxygens (including phenoxy) is 6. The van der Waals surface area contributed by atoms with E-state index >= 15 is 0 Å². The second kappa shape index (κ2) is 17.5. The first-order valence-electron chi connectivity index (χ1n) is 19.9. The zero-order chi connectivity index (χ0) is 39.6. The van der Waals surface area contributed by atoms with Crippen molar-refractivity contribution in [3.05, 3.63) is 30.4 Å². The summed E-state index contributed by atoms with van der Waals surface area (Å²) in [6.45, 7) is 28.8. The average Bonchev–Trinajstić information content (AvgIpc) is 3.62. The van der Waals surface area contributed by atoms with Crippen LogP contribution in [0.3, 0.4) is 0 Å². The third-order valence-corrected chi connectivity index (χ3v) is 12.7. The highest BCUT2D eigenvalue weighted by molar-refractivity contribution is 5.96. The second-order valence-corrected chi connectivity index (χ2v) is 18.0. The summed E-state index contributed by atoms with van der Waals surface area (Å²) < 4.78 is 40.4. The van der Waals surface area contributed by atoms with Crippen molar-refractivity contribution < 1.29 is 42.8 Å². The fourth-order valence-corrected chi connectivity index (χ4v) is 8.77. The Morgan fingerprint density at radius 2 is 1.62 bits per heavy atom. The van der Waals surface area contributed by atoms with Crippen molar-refractivity contribution in [2.75, 3.05) is 0 Å². The molecule has 0 aliphatic carbocycles. The number of hydrogen-bond donors (Lipinski definition) is 0. The topological polar surface area (TPSA) is 124 Å². The van der Waals surface area contributed by atoms with Crippen LogP contribution in [0.1, 0.15) is 123 Å². The molecular formula is C42H68N2O9. The molecule has 0 bridgehead atoms. The smallest absolute Gasteiger partial charge is 0.419 e. The monoisotopic (exact) mass is 744 g/mol. The minimum Gasteiger partial charge on any atom is -0.458 e. The molecule has 14 atom stereocenters. The maximum absolute atomic E-state index is 14.4. The molecule has 0 amide bonds. The Morgan fingerprint density at radius 1 is 0.943 bits per heavy atom. The summed E-state index contributed by atoms with van der Waals surface area (Å²) in [6.07, 6.45) is 3.48. The number of carbonyl (C=O) groups is 3. The van der Waals surface area contributed by atoms with E-state index in [0.29, 0.717) is 36.7 Å². The molecule has 53 heavy (non-hydrogen) atoms. The Kier molecular flexibility index (Phi) is 14.2. The number of allylic oxidation sites excluding steroid dienone is 1. The van der Waals surface area contributed by atoms with Gasteiger partial charge in [0.25, 0.3) is 0 Å². The predicted octanol–water partition coefficient (Wildman–Crippen LogP) is 8.39. The van der Waals surface area contributed by atoms with Crippen LogP contribution >= 0.6 is 0 Å². The van der Waals surface area contributed by atoms with E-state index in [1.54, 1.807) is 13.0 Å². The number of hydrogen-bond acceptors (Lipinski definition) is 10. The van der Waals surface area contributed by atoms with Crippen LogP contribution in [-0.2, 0) is 38.0 Å². The number of nitrogens with zero attached hydrogens (tertiary/aromatic N) is 2. The van der Waals surface area contributed by atoms with Crippen LogP contribution in [0.2, 0.25) is 0 Å². The SMILES string of the molecule is CC[C@H]1OC(=O)[C@H](C)[C@@H](OC2CC(C)(C)[C@@H](C)[C@H](C)O2)[C@H](C)[C@@H](O[C@@H]2O[C@H](C)C[C@H](C)[C@H]2C)C(C)(C)C[C@@H](C)C(=O)C(C)=C[C@@H]1OC(=O)n1ccnc1. The molecule has 2 saturated heterocycles. The fraction of sp³-hybridized carbons (Fsp3) is 0.810. The first kappa shape index (κ1) is 43.1. The number of rotatable bonds is 6. The van der Waals surface area contributed by atoms with Gasteiger partial charge in [0.05, 0.1) is 30.3 Å². The van der Waals surface area contributed by atoms with E-state index in [0.717, 1.165) is 6.42 Å². The molecule has 3 aliphatic heterocycles. The molecule has 11 nitrogen and oxygen atoms in total. The summed E-state index contributed by atoms with van der Waals surface area (Å²) in [5.41, 5.74) is -0.218. The Labute approximate surface area is 318 Å².